The van der Waals surface area contributed by atoms with Crippen molar-refractivity contribution in [2.75, 3.05) is 24.5 Å². The minimum absolute atomic E-state index is 0.168. The summed E-state index contributed by atoms with van der Waals surface area (Å²) in [6.07, 6.45) is 0.567. The maximum absolute atomic E-state index is 13.6. The molecule has 2 aliphatic heterocycles. The molecule has 2 aromatic rings. The van der Waals surface area contributed by atoms with Gasteiger partial charge in [0.1, 0.15) is 5.92 Å². The molecule has 0 unspecified atom stereocenters. The summed E-state index contributed by atoms with van der Waals surface area (Å²) in [4.78, 5) is 26.0. The lowest BCUT2D eigenvalue weighted by Crippen LogP contribution is -2.39. The van der Waals surface area contributed by atoms with Crippen LogP contribution in [0, 0.1) is 11.8 Å². The van der Waals surface area contributed by atoms with Gasteiger partial charge in [0.2, 0.25) is 6.79 Å². The van der Waals surface area contributed by atoms with Crippen LogP contribution in [0.25, 0.3) is 0 Å². The van der Waals surface area contributed by atoms with Crippen LogP contribution >= 0.6 is 0 Å². The Morgan fingerprint density at radius 2 is 1.87 bits per heavy atom. The van der Waals surface area contributed by atoms with Crippen LogP contribution in [0.4, 0.5) is 11.4 Å². The van der Waals surface area contributed by atoms with Crippen LogP contribution in [0.1, 0.15) is 24.9 Å². The summed E-state index contributed by atoms with van der Waals surface area (Å²) < 4.78 is 15.9. The molecule has 2 aromatic carbocycles. The number of esters is 1. The second-order valence-corrected chi connectivity index (χ2v) is 7.80. The number of hydrogen-bond donors (Lipinski definition) is 2. The van der Waals surface area contributed by atoms with Gasteiger partial charge in [-0.2, -0.15) is 0 Å². The van der Waals surface area contributed by atoms with Crippen LogP contribution in [-0.4, -0.2) is 25.7 Å². The van der Waals surface area contributed by atoms with E-state index >= 15 is 0 Å². The monoisotopic (exact) mass is 406 g/mol. The number of ether oxygens (including phenoxy) is 3. The van der Waals surface area contributed by atoms with Crippen LogP contribution < -0.4 is 20.1 Å². The number of hydrogen-bond acceptors (Lipinski definition) is 7. The molecule has 0 radical (unpaired) electrons. The Labute approximate surface area is 174 Å². The lowest BCUT2D eigenvalue weighted by molar-refractivity contribution is -0.151. The molecule has 0 saturated heterocycles. The van der Waals surface area contributed by atoms with Gasteiger partial charge in [0.15, 0.2) is 17.3 Å². The lowest BCUT2D eigenvalue weighted by atomic mass is 9.75. The number of para-hydroxylation sites is 2. The van der Waals surface area contributed by atoms with E-state index in [1.165, 1.54) is 7.11 Å². The molecule has 3 aliphatic rings. The number of carbonyl (C=O) groups is 2. The van der Waals surface area contributed by atoms with Gasteiger partial charge in [0.25, 0.3) is 0 Å². The SMILES string of the molecule is COC(=O)[C@H]1C(=O)C2=C(C[C@@H]1C)Nc1ccccc1N[C@@H]2c1ccc2c(c1)OCO2. The maximum Gasteiger partial charge on any atom is 0.316 e. The van der Waals surface area contributed by atoms with Crippen molar-refractivity contribution in [2.24, 2.45) is 11.8 Å². The maximum atomic E-state index is 13.6. The highest BCUT2D eigenvalue weighted by Crippen LogP contribution is 2.45. The Kier molecular flexibility index (Phi) is 4.38. The molecule has 0 spiro atoms. The third-order valence-electron chi connectivity index (χ3n) is 5.95. The Hall–Kier alpha value is -3.48. The Morgan fingerprint density at radius 1 is 1.10 bits per heavy atom. The molecule has 1 aliphatic carbocycles. The number of benzene rings is 2. The number of methoxy groups -OCH3 is 1. The standard InChI is InChI=1S/C23H22N2O5/c1-12-9-16-20(22(26)19(12)23(27)28-2)21(25-15-6-4-3-5-14(15)24-16)13-7-8-17-18(10-13)30-11-29-17/h3-8,10,12,19,21,24-25H,9,11H2,1-2H3/t12-,19+,21+/m0/s1. The van der Waals surface area contributed by atoms with Crippen molar-refractivity contribution in [1.82, 2.24) is 0 Å². The van der Waals surface area contributed by atoms with Crippen molar-refractivity contribution in [2.45, 2.75) is 19.4 Å². The first kappa shape index (κ1) is 18.5. The van der Waals surface area contributed by atoms with Gasteiger partial charge in [-0.1, -0.05) is 25.1 Å². The molecule has 2 N–H and O–H groups in total. The zero-order valence-electron chi connectivity index (χ0n) is 16.7. The van der Waals surface area contributed by atoms with E-state index in [-0.39, 0.29) is 18.5 Å². The summed E-state index contributed by atoms with van der Waals surface area (Å²) in [6.45, 7) is 2.08. The highest BCUT2D eigenvalue weighted by molar-refractivity contribution is 6.11. The molecular weight excluding hydrogens is 384 g/mol. The van der Waals surface area contributed by atoms with Crippen molar-refractivity contribution in [1.29, 1.82) is 0 Å². The van der Waals surface area contributed by atoms with Gasteiger partial charge in [-0.05, 0) is 42.2 Å². The van der Waals surface area contributed by atoms with Crippen molar-refractivity contribution >= 4 is 23.1 Å². The first-order valence-electron chi connectivity index (χ1n) is 9.94. The summed E-state index contributed by atoms with van der Waals surface area (Å²) >= 11 is 0. The van der Waals surface area contributed by atoms with Crippen LogP contribution in [0.2, 0.25) is 0 Å². The number of carbonyl (C=O) groups excluding carboxylic acids is 2. The highest BCUT2D eigenvalue weighted by Gasteiger charge is 2.44. The van der Waals surface area contributed by atoms with Gasteiger partial charge in [-0.15, -0.1) is 0 Å². The molecule has 30 heavy (non-hydrogen) atoms. The molecule has 0 amide bonds. The topological polar surface area (TPSA) is 85.9 Å². The molecule has 7 nitrogen and oxygen atoms in total. The van der Waals surface area contributed by atoms with Crippen LogP contribution in [0.3, 0.4) is 0 Å². The number of nitrogens with one attached hydrogen (secondary N) is 2. The van der Waals surface area contributed by atoms with E-state index in [0.717, 1.165) is 22.6 Å². The number of allylic oxidation sites excluding steroid dienone is 1. The van der Waals surface area contributed by atoms with Gasteiger partial charge in [0.05, 0.1) is 24.5 Å². The van der Waals surface area contributed by atoms with Gasteiger partial charge in [-0.3, -0.25) is 9.59 Å². The molecule has 3 atom stereocenters. The van der Waals surface area contributed by atoms with E-state index in [1.54, 1.807) is 0 Å². The molecule has 2 heterocycles. The lowest BCUT2D eigenvalue weighted by Gasteiger charge is -2.32. The normalized spacial score (nSPS) is 24.2. The fraction of sp³-hybridized carbons (Fsp3) is 0.304. The summed E-state index contributed by atoms with van der Waals surface area (Å²) in [5.41, 5.74) is 4.01. The molecular formula is C23H22N2O5. The van der Waals surface area contributed by atoms with Crippen LogP contribution in [0.5, 0.6) is 11.5 Å². The summed E-state index contributed by atoms with van der Waals surface area (Å²) in [5.74, 6) is -0.385. The quantitative estimate of drug-likeness (QED) is 0.582. The van der Waals surface area contributed by atoms with Crippen molar-refractivity contribution in [3.05, 3.63) is 59.3 Å². The summed E-state index contributed by atoms with van der Waals surface area (Å²) in [6, 6.07) is 13.0. The first-order chi connectivity index (χ1) is 14.6. The first-order valence-corrected chi connectivity index (χ1v) is 9.94. The minimum atomic E-state index is -0.824. The smallest absolute Gasteiger partial charge is 0.316 e. The summed E-state index contributed by atoms with van der Waals surface area (Å²) in [7, 11) is 1.32. The van der Waals surface area contributed by atoms with E-state index in [0.29, 0.717) is 23.5 Å². The van der Waals surface area contributed by atoms with Crippen LogP contribution in [-0.2, 0) is 14.3 Å². The average Bonchev–Trinajstić information content (AvgIpc) is 3.14. The third-order valence-corrected chi connectivity index (χ3v) is 5.95. The molecule has 0 saturated carbocycles. The second-order valence-electron chi connectivity index (χ2n) is 7.80. The molecule has 0 bridgehead atoms. The largest absolute Gasteiger partial charge is 0.468 e. The fourth-order valence-electron chi connectivity index (χ4n) is 4.48. The highest BCUT2D eigenvalue weighted by atomic mass is 16.7. The third kappa shape index (κ3) is 2.89. The predicted molar refractivity (Wildman–Crippen MR) is 110 cm³/mol. The van der Waals surface area contributed by atoms with Gasteiger partial charge >= 0.3 is 5.97 Å². The van der Waals surface area contributed by atoms with Crippen molar-refractivity contribution in [3.8, 4) is 11.5 Å². The van der Waals surface area contributed by atoms with Gasteiger partial charge in [0, 0.05) is 11.3 Å². The van der Waals surface area contributed by atoms with E-state index in [1.807, 2.05) is 49.4 Å². The van der Waals surface area contributed by atoms with Gasteiger partial charge < -0.3 is 24.8 Å². The summed E-state index contributed by atoms with van der Waals surface area (Å²) in [5, 5.41) is 6.94. The Morgan fingerprint density at radius 3 is 2.67 bits per heavy atom. The number of ketones is 1. The zero-order chi connectivity index (χ0) is 20.8. The van der Waals surface area contributed by atoms with E-state index in [9.17, 15) is 9.59 Å². The molecule has 7 heteroatoms. The molecule has 0 fully saturated rings. The number of fused-ring (bicyclic) bond motifs is 2. The molecule has 5 rings (SSSR count). The van der Waals surface area contributed by atoms with Crippen molar-refractivity contribution < 1.29 is 23.8 Å². The number of rotatable bonds is 2. The predicted octanol–water partition coefficient (Wildman–Crippen LogP) is 3.65. The van der Waals surface area contributed by atoms with Gasteiger partial charge in [-0.25, -0.2) is 0 Å². The van der Waals surface area contributed by atoms with E-state index in [4.69, 9.17) is 14.2 Å². The number of Topliss-reactive ketones (excluding diaryl/α,β-unsaturated/α-hetero) is 1. The molecule has 0 aromatic heterocycles. The fourth-order valence-corrected chi connectivity index (χ4v) is 4.48. The molecule has 154 valence electrons. The average molecular weight is 406 g/mol. The number of anilines is 2. The van der Waals surface area contributed by atoms with Crippen molar-refractivity contribution in [3.63, 3.8) is 0 Å². The Bertz CT molecular complexity index is 1080. The van der Waals surface area contributed by atoms with Crippen LogP contribution in [0.15, 0.2) is 53.7 Å². The second kappa shape index (κ2) is 7.09. The zero-order valence-corrected chi connectivity index (χ0v) is 16.7. The minimum Gasteiger partial charge on any atom is -0.468 e. The Balaban J connectivity index is 1.66. The van der Waals surface area contributed by atoms with E-state index in [2.05, 4.69) is 10.6 Å². The van der Waals surface area contributed by atoms with E-state index < -0.39 is 17.9 Å².